The number of hydrogen-bond acceptors (Lipinski definition) is 5. The minimum Gasteiger partial charge on any atom is -0.444 e. The summed E-state index contributed by atoms with van der Waals surface area (Å²) in [5.41, 5.74) is 0.436. The van der Waals surface area contributed by atoms with Gasteiger partial charge in [-0.1, -0.05) is 6.07 Å². The van der Waals surface area contributed by atoms with Gasteiger partial charge in [0.2, 0.25) is 5.91 Å². The Morgan fingerprint density at radius 3 is 2.50 bits per heavy atom. The van der Waals surface area contributed by atoms with Crippen LogP contribution in [-0.2, 0) is 19.1 Å². The molecule has 0 aliphatic carbocycles. The van der Waals surface area contributed by atoms with Crippen molar-refractivity contribution in [2.45, 2.75) is 45.3 Å². The van der Waals surface area contributed by atoms with E-state index >= 15 is 0 Å². The van der Waals surface area contributed by atoms with Crippen LogP contribution in [0.5, 0.6) is 0 Å². The number of carbonyl (C=O) groups excluding carboxylic acids is 3. The van der Waals surface area contributed by atoms with Gasteiger partial charge in [0.15, 0.2) is 0 Å². The first kappa shape index (κ1) is 19.7. The largest absolute Gasteiger partial charge is 0.444 e. The molecule has 1 aliphatic heterocycles. The highest BCUT2D eigenvalue weighted by Gasteiger charge is 2.23. The van der Waals surface area contributed by atoms with Crippen LogP contribution in [0.15, 0.2) is 24.3 Å². The van der Waals surface area contributed by atoms with Gasteiger partial charge in [-0.2, -0.15) is 0 Å². The summed E-state index contributed by atoms with van der Waals surface area (Å²) in [4.78, 5) is 35.5. The normalized spacial score (nSPS) is 16.7. The average Bonchev–Trinajstić information content (AvgIpc) is 3.06. The number of hydrogen-bond donors (Lipinski definition) is 3. The zero-order valence-corrected chi connectivity index (χ0v) is 15.3. The maximum Gasteiger partial charge on any atom is 0.408 e. The lowest BCUT2D eigenvalue weighted by Crippen LogP contribution is -2.37. The van der Waals surface area contributed by atoms with E-state index in [-0.39, 0.29) is 12.5 Å². The first-order valence-corrected chi connectivity index (χ1v) is 8.52. The minimum absolute atomic E-state index is 0.197. The molecule has 1 atom stereocenters. The maximum atomic E-state index is 12.1. The first-order chi connectivity index (χ1) is 12.2. The molecule has 142 valence electrons. The van der Waals surface area contributed by atoms with Gasteiger partial charge in [-0.15, -0.1) is 0 Å². The number of rotatable bonds is 5. The van der Waals surface area contributed by atoms with Gasteiger partial charge in [-0.05, 0) is 51.8 Å². The van der Waals surface area contributed by atoms with Crippen molar-refractivity contribution in [1.82, 2.24) is 5.32 Å². The molecule has 1 unspecified atom stereocenters. The SMILES string of the molecule is CC(C)(C)OC(=O)NCC(=O)Nc1cccc(NC(=O)C2CCCO2)c1. The summed E-state index contributed by atoms with van der Waals surface area (Å²) >= 11 is 0. The third-order valence-electron chi connectivity index (χ3n) is 3.43. The van der Waals surface area contributed by atoms with Gasteiger partial charge in [0.1, 0.15) is 18.2 Å². The van der Waals surface area contributed by atoms with Crippen LogP contribution in [0.3, 0.4) is 0 Å². The predicted molar refractivity (Wildman–Crippen MR) is 96.9 cm³/mol. The van der Waals surface area contributed by atoms with Gasteiger partial charge in [0.05, 0.1) is 0 Å². The van der Waals surface area contributed by atoms with Crippen LogP contribution in [0.1, 0.15) is 33.6 Å². The van der Waals surface area contributed by atoms with E-state index in [4.69, 9.17) is 9.47 Å². The van der Waals surface area contributed by atoms with Crippen molar-refractivity contribution < 1.29 is 23.9 Å². The van der Waals surface area contributed by atoms with Gasteiger partial charge in [0.25, 0.3) is 5.91 Å². The third-order valence-corrected chi connectivity index (χ3v) is 3.43. The minimum atomic E-state index is -0.662. The molecule has 0 saturated carbocycles. The highest BCUT2D eigenvalue weighted by atomic mass is 16.6. The molecule has 8 heteroatoms. The van der Waals surface area contributed by atoms with E-state index in [2.05, 4.69) is 16.0 Å². The predicted octanol–water partition coefficient (Wildman–Crippen LogP) is 2.27. The van der Waals surface area contributed by atoms with Crippen molar-refractivity contribution >= 4 is 29.3 Å². The molecule has 1 aromatic rings. The van der Waals surface area contributed by atoms with E-state index < -0.39 is 23.7 Å². The number of amides is 3. The molecule has 0 bridgehead atoms. The van der Waals surface area contributed by atoms with E-state index in [1.54, 1.807) is 45.0 Å². The highest BCUT2D eigenvalue weighted by Crippen LogP contribution is 2.18. The van der Waals surface area contributed by atoms with Crippen molar-refractivity contribution in [2.24, 2.45) is 0 Å². The Balaban J connectivity index is 1.82. The van der Waals surface area contributed by atoms with Crippen molar-refractivity contribution in [3.63, 3.8) is 0 Å². The highest BCUT2D eigenvalue weighted by molar-refractivity contribution is 5.97. The van der Waals surface area contributed by atoms with E-state index in [1.807, 2.05) is 0 Å². The molecular weight excluding hydrogens is 338 g/mol. The van der Waals surface area contributed by atoms with Crippen molar-refractivity contribution in [3.8, 4) is 0 Å². The van der Waals surface area contributed by atoms with Gasteiger partial charge < -0.3 is 25.4 Å². The number of alkyl carbamates (subject to hydrolysis) is 1. The Kier molecular flexibility index (Phi) is 6.57. The fourth-order valence-corrected chi connectivity index (χ4v) is 2.35. The Labute approximate surface area is 152 Å². The van der Waals surface area contributed by atoms with Crippen LogP contribution in [0, 0.1) is 0 Å². The van der Waals surface area contributed by atoms with Crippen LogP contribution in [0.4, 0.5) is 16.2 Å². The molecule has 26 heavy (non-hydrogen) atoms. The fourth-order valence-electron chi connectivity index (χ4n) is 2.35. The molecular formula is C18H25N3O5. The van der Waals surface area contributed by atoms with E-state index in [9.17, 15) is 14.4 Å². The quantitative estimate of drug-likeness (QED) is 0.744. The molecule has 0 spiro atoms. The topological polar surface area (TPSA) is 106 Å². The van der Waals surface area contributed by atoms with Gasteiger partial charge in [-0.25, -0.2) is 4.79 Å². The maximum absolute atomic E-state index is 12.1. The summed E-state index contributed by atoms with van der Waals surface area (Å²) in [6.07, 6.45) is 0.494. The molecule has 0 radical (unpaired) electrons. The van der Waals surface area contributed by atoms with Crippen molar-refractivity contribution in [3.05, 3.63) is 24.3 Å². The molecule has 3 N–H and O–H groups in total. The van der Waals surface area contributed by atoms with Crippen LogP contribution in [-0.4, -0.2) is 42.8 Å². The Morgan fingerprint density at radius 2 is 1.88 bits per heavy atom. The number of anilines is 2. The Bertz CT molecular complexity index is 663. The molecule has 1 fully saturated rings. The summed E-state index contributed by atoms with van der Waals surface area (Å²) in [5.74, 6) is -0.601. The second-order valence-electron chi connectivity index (χ2n) is 6.98. The fraction of sp³-hybridized carbons (Fsp3) is 0.500. The standard InChI is InChI=1S/C18H25N3O5/c1-18(2,3)26-17(24)19-11-15(22)20-12-6-4-7-13(10-12)21-16(23)14-8-5-9-25-14/h4,6-7,10,14H,5,8-9,11H2,1-3H3,(H,19,24)(H,20,22)(H,21,23). The molecule has 1 saturated heterocycles. The second-order valence-corrected chi connectivity index (χ2v) is 6.98. The van der Waals surface area contributed by atoms with E-state index in [1.165, 1.54) is 0 Å². The average molecular weight is 363 g/mol. The van der Waals surface area contributed by atoms with E-state index in [0.717, 1.165) is 6.42 Å². The molecule has 1 heterocycles. The monoisotopic (exact) mass is 363 g/mol. The zero-order valence-electron chi connectivity index (χ0n) is 15.3. The van der Waals surface area contributed by atoms with E-state index in [0.29, 0.717) is 24.4 Å². The van der Waals surface area contributed by atoms with Crippen LogP contribution in [0.2, 0.25) is 0 Å². The molecule has 1 aliphatic rings. The first-order valence-electron chi connectivity index (χ1n) is 8.52. The number of ether oxygens (including phenoxy) is 2. The summed E-state index contributed by atoms with van der Waals surface area (Å²) in [5, 5.41) is 7.80. The van der Waals surface area contributed by atoms with Crippen LogP contribution in [0.25, 0.3) is 0 Å². The van der Waals surface area contributed by atoms with Gasteiger partial charge in [-0.3, -0.25) is 9.59 Å². The molecule has 3 amide bonds. The zero-order chi connectivity index (χ0) is 19.2. The summed E-state index contributed by atoms with van der Waals surface area (Å²) in [7, 11) is 0. The number of carbonyl (C=O) groups is 3. The van der Waals surface area contributed by atoms with Gasteiger partial charge in [0, 0.05) is 18.0 Å². The second kappa shape index (κ2) is 8.66. The number of nitrogens with one attached hydrogen (secondary N) is 3. The molecule has 2 rings (SSSR count). The lowest BCUT2D eigenvalue weighted by molar-refractivity contribution is -0.124. The summed E-state index contributed by atoms with van der Waals surface area (Å²) < 4.78 is 10.4. The molecule has 1 aromatic carbocycles. The Morgan fingerprint density at radius 1 is 1.19 bits per heavy atom. The van der Waals surface area contributed by atoms with Crippen LogP contribution >= 0.6 is 0 Å². The third kappa shape index (κ3) is 6.72. The summed E-state index contributed by atoms with van der Waals surface area (Å²) in [6.45, 7) is 5.59. The number of benzene rings is 1. The van der Waals surface area contributed by atoms with Crippen LogP contribution < -0.4 is 16.0 Å². The van der Waals surface area contributed by atoms with Crippen molar-refractivity contribution in [1.29, 1.82) is 0 Å². The smallest absolute Gasteiger partial charge is 0.408 e. The lowest BCUT2D eigenvalue weighted by atomic mass is 10.2. The lowest BCUT2D eigenvalue weighted by Gasteiger charge is -2.19. The van der Waals surface area contributed by atoms with Crippen molar-refractivity contribution in [2.75, 3.05) is 23.8 Å². The van der Waals surface area contributed by atoms with Gasteiger partial charge >= 0.3 is 6.09 Å². The molecule has 0 aromatic heterocycles. The summed E-state index contributed by atoms with van der Waals surface area (Å²) in [6, 6.07) is 6.76. The molecule has 8 nitrogen and oxygen atoms in total. The Hall–Kier alpha value is -2.61.